The maximum absolute atomic E-state index is 12.9. The van der Waals surface area contributed by atoms with Gasteiger partial charge in [-0.25, -0.2) is 8.42 Å². The average molecular weight is 382 g/mol. The maximum atomic E-state index is 12.9. The third-order valence-electron chi connectivity index (χ3n) is 3.95. The van der Waals surface area contributed by atoms with Crippen LogP contribution < -0.4 is 4.31 Å². The molecule has 1 amide bonds. The molecule has 0 saturated carbocycles. The van der Waals surface area contributed by atoms with Gasteiger partial charge in [0.05, 0.1) is 22.7 Å². The van der Waals surface area contributed by atoms with E-state index in [0.717, 1.165) is 14.8 Å². The van der Waals surface area contributed by atoms with Crippen LogP contribution in [-0.4, -0.2) is 39.4 Å². The number of carbonyl (C=O) groups is 1. The first-order chi connectivity index (χ1) is 12.8. The molecule has 7 nitrogen and oxygen atoms in total. The minimum atomic E-state index is -3.88. The second-order valence-corrected chi connectivity index (χ2v) is 7.78. The van der Waals surface area contributed by atoms with Gasteiger partial charge >= 0.3 is 0 Å². The highest BCUT2D eigenvalue weighted by Crippen LogP contribution is 2.23. The molecule has 2 aromatic carbocycles. The summed E-state index contributed by atoms with van der Waals surface area (Å²) in [4.78, 5) is 13.5. The molecule has 0 saturated heterocycles. The number of aryl methyl sites for hydroxylation is 1. The van der Waals surface area contributed by atoms with E-state index in [1.54, 1.807) is 12.1 Å². The van der Waals surface area contributed by atoms with Crippen LogP contribution in [-0.2, 0) is 10.0 Å². The summed E-state index contributed by atoms with van der Waals surface area (Å²) >= 11 is 0. The van der Waals surface area contributed by atoms with E-state index in [4.69, 9.17) is 10.5 Å². The van der Waals surface area contributed by atoms with Gasteiger partial charge in [0.25, 0.3) is 15.9 Å². The van der Waals surface area contributed by atoms with Crippen molar-refractivity contribution in [3.8, 4) is 12.1 Å². The smallest absolute Gasteiger partial charge is 0.264 e. The Morgan fingerprint density at radius 3 is 2.19 bits per heavy atom. The summed E-state index contributed by atoms with van der Waals surface area (Å²) in [5, 5.41) is 17.6. The molecule has 0 aromatic heterocycles. The number of nitriles is 2. The summed E-state index contributed by atoms with van der Waals surface area (Å²) in [5.74, 6) is -0.576. The van der Waals surface area contributed by atoms with Crippen LogP contribution in [0.4, 0.5) is 5.69 Å². The number of benzene rings is 2. The highest BCUT2D eigenvalue weighted by Gasteiger charge is 2.23. The summed E-state index contributed by atoms with van der Waals surface area (Å²) < 4.78 is 27.0. The van der Waals surface area contributed by atoms with Gasteiger partial charge in [0.15, 0.2) is 0 Å². The molecule has 0 aliphatic carbocycles. The van der Waals surface area contributed by atoms with Gasteiger partial charge in [-0.3, -0.25) is 9.10 Å². The van der Waals surface area contributed by atoms with Crippen LogP contribution in [0.5, 0.6) is 0 Å². The van der Waals surface area contributed by atoms with E-state index in [1.165, 1.54) is 31.3 Å². The molecule has 2 aromatic rings. The quantitative estimate of drug-likeness (QED) is 0.713. The van der Waals surface area contributed by atoms with E-state index in [-0.39, 0.29) is 23.5 Å². The molecule has 0 fully saturated rings. The van der Waals surface area contributed by atoms with Crippen LogP contribution in [0.25, 0.3) is 0 Å². The Kier molecular flexibility index (Phi) is 6.17. The molecule has 0 unspecified atom stereocenters. The molecule has 0 radical (unpaired) electrons. The molecule has 0 aliphatic rings. The van der Waals surface area contributed by atoms with E-state index < -0.39 is 15.9 Å². The summed E-state index contributed by atoms with van der Waals surface area (Å²) in [5.41, 5.74) is 1.60. The fourth-order valence-electron chi connectivity index (χ4n) is 2.39. The van der Waals surface area contributed by atoms with Crippen LogP contribution >= 0.6 is 0 Å². The van der Waals surface area contributed by atoms with Gasteiger partial charge in [-0.15, -0.1) is 0 Å². The van der Waals surface area contributed by atoms with Crippen LogP contribution in [0, 0.1) is 29.6 Å². The predicted octanol–water partition coefficient (Wildman–Crippen LogP) is 2.31. The maximum Gasteiger partial charge on any atom is 0.264 e. The number of sulfonamides is 1. The average Bonchev–Trinajstić information content (AvgIpc) is 2.67. The molecule has 0 heterocycles. The van der Waals surface area contributed by atoms with E-state index >= 15 is 0 Å². The lowest BCUT2D eigenvalue weighted by Crippen LogP contribution is -2.32. The Morgan fingerprint density at radius 1 is 1.04 bits per heavy atom. The molecule has 27 heavy (non-hydrogen) atoms. The normalized spacial score (nSPS) is 10.5. The van der Waals surface area contributed by atoms with Crippen LogP contribution in [0.1, 0.15) is 15.9 Å². The first-order valence-corrected chi connectivity index (χ1v) is 9.44. The highest BCUT2D eigenvalue weighted by atomic mass is 32.2. The van der Waals surface area contributed by atoms with E-state index in [0.29, 0.717) is 5.69 Å². The summed E-state index contributed by atoms with van der Waals surface area (Å²) in [7, 11) is -2.44. The molecule has 138 valence electrons. The predicted molar refractivity (Wildman–Crippen MR) is 100 cm³/mol. The Balaban J connectivity index is 2.38. The standard InChI is InChI=1S/C19H18N4O3S/c1-15-6-8-17(9-7-15)22(2)27(25,26)18-5-3-4-16(14-18)19(24)23(12-10-20)13-11-21/h3-9,14H,12-13H2,1-2H3. The highest BCUT2D eigenvalue weighted by molar-refractivity contribution is 7.92. The van der Waals surface area contributed by atoms with Crippen molar-refractivity contribution in [1.29, 1.82) is 10.5 Å². The zero-order valence-electron chi connectivity index (χ0n) is 15.0. The van der Waals surface area contributed by atoms with Crippen molar-refractivity contribution in [1.82, 2.24) is 4.90 Å². The van der Waals surface area contributed by atoms with Crippen molar-refractivity contribution in [2.24, 2.45) is 0 Å². The van der Waals surface area contributed by atoms with E-state index in [2.05, 4.69) is 0 Å². The fourth-order valence-corrected chi connectivity index (χ4v) is 3.64. The summed E-state index contributed by atoms with van der Waals surface area (Å²) in [6.07, 6.45) is 0. The SMILES string of the molecule is Cc1ccc(N(C)S(=O)(=O)c2cccc(C(=O)N(CC#N)CC#N)c2)cc1. The number of carbonyl (C=O) groups excluding carboxylic acids is 1. The third-order valence-corrected chi connectivity index (χ3v) is 5.73. The molecule has 0 atom stereocenters. The minimum Gasteiger partial charge on any atom is -0.312 e. The first kappa shape index (κ1) is 20.0. The molecule has 2 rings (SSSR count). The lowest BCUT2D eigenvalue weighted by molar-refractivity contribution is 0.0794. The van der Waals surface area contributed by atoms with Gasteiger partial charge in [0.1, 0.15) is 13.1 Å². The van der Waals surface area contributed by atoms with Gasteiger partial charge in [-0.1, -0.05) is 23.8 Å². The van der Waals surface area contributed by atoms with Crippen LogP contribution in [0.3, 0.4) is 0 Å². The minimum absolute atomic E-state index is 0.0507. The number of anilines is 1. The van der Waals surface area contributed by atoms with Gasteiger partial charge in [-0.2, -0.15) is 10.5 Å². The topological polar surface area (TPSA) is 105 Å². The molecule has 8 heteroatoms. The monoisotopic (exact) mass is 382 g/mol. The number of nitrogens with zero attached hydrogens (tertiary/aromatic N) is 4. The Hall–Kier alpha value is -3.36. The zero-order valence-corrected chi connectivity index (χ0v) is 15.8. The fraction of sp³-hybridized carbons (Fsp3) is 0.211. The van der Waals surface area contributed by atoms with Crippen molar-refractivity contribution in [3.05, 3.63) is 59.7 Å². The van der Waals surface area contributed by atoms with Crippen molar-refractivity contribution >= 4 is 21.6 Å². The Bertz CT molecular complexity index is 1000. The molecule has 0 bridgehead atoms. The van der Waals surface area contributed by atoms with Crippen molar-refractivity contribution in [3.63, 3.8) is 0 Å². The van der Waals surface area contributed by atoms with E-state index in [1.807, 2.05) is 31.2 Å². The molecule has 0 spiro atoms. The number of amides is 1. The van der Waals surface area contributed by atoms with Gasteiger partial charge < -0.3 is 4.90 Å². The van der Waals surface area contributed by atoms with Crippen molar-refractivity contribution < 1.29 is 13.2 Å². The molecule has 0 N–H and O–H groups in total. The number of hydrogen-bond acceptors (Lipinski definition) is 5. The van der Waals surface area contributed by atoms with E-state index in [9.17, 15) is 13.2 Å². The largest absolute Gasteiger partial charge is 0.312 e. The van der Waals surface area contributed by atoms with Gasteiger partial charge in [0.2, 0.25) is 0 Å². The lowest BCUT2D eigenvalue weighted by atomic mass is 10.2. The number of rotatable bonds is 6. The Morgan fingerprint density at radius 2 is 1.63 bits per heavy atom. The van der Waals surface area contributed by atoms with Crippen LogP contribution in [0.2, 0.25) is 0 Å². The second-order valence-electron chi connectivity index (χ2n) is 5.81. The van der Waals surface area contributed by atoms with Crippen LogP contribution in [0.15, 0.2) is 53.4 Å². The Labute approximate surface area is 158 Å². The molecule has 0 aliphatic heterocycles. The third kappa shape index (κ3) is 4.43. The van der Waals surface area contributed by atoms with Crippen molar-refractivity contribution in [2.75, 3.05) is 24.4 Å². The summed E-state index contributed by atoms with van der Waals surface area (Å²) in [6.45, 7) is 1.39. The molecular formula is C19H18N4O3S. The zero-order chi connectivity index (χ0) is 20.0. The van der Waals surface area contributed by atoms with Gasteiger partial charge in [-0.05, 0) is 37.3 Å². The number of hydrogen-bond donors (Lipinski definition) is 0. The summed E-state index contributed by atoms with van der Waals surface area (Å²) in [6, 6.07) is 16.2. The second kappa shape index (κ2) is 8.35. The van der Waals surface area contributed by atoms with Gasteiger partial charge in [0, 0.05) is 12.6 Å². The lowest BCUT2D eigenvalue weighted by Gasteiger charge is -2.21. The molecular weight excluding hydrogens is 364 g/mol. The first-order valence-electron chi connectivity index (χ1n) is 8.00. The van der Waals surface area contributed by atoms with Crippen molar-refractivity contribution in [2.45, 2.75) is 11.8 Å².